The minimum absolute atomic E-state index is 0.103. The number of rotatable bonds is 5. The Balaban J connectivity index is 1.26. The highest BCUT2D eigenvalue weighted by Crippen LogP contribution is 2.45. The summed E-state index contributed by atoms with van der Waals surface area (Å²) in [6.07, 6.45) is 5.47. The average Bonchev–Trinajstić information content (AvgIpc) is 3.56. The maximum atomic E-state index is 14.4. The lowest BCUT2D eigenvalue weighted by atomic mass is 10.0. The third-order valence-corrected chi connectivity index (χ3v) is 12.3. The van der Waals surface area contributed by atoms with E-state index in [1.165, 1.54) is 14.1 Å². The Morgan fingerprint density at radius 1 is 1.06 bits per heavy atom. The minimum atomic E-state index is -4.17. The van der Waals surface area contributed by atoms with E-state index in [0.717, 1.165) is 24.0 Å². The van der Waals surface area contributed by atoms with E-state index in [-0.39, 0.29) is 52.0 Å². The van der Waals surface area contributed by atoms with Gasteiger partial charge in [0, 0.05) is 37.0 Å². The number of nitrogens with zero attached hydrogens (tertiary/aromatic N) is 3. The predicted octanol–water partition coefficient (Wildman–Crippen LogP) is 3.66. The average molecular weight is 789 g/mol. The molecule has 54 heavy (non-hydrogen) atoms. The first-order valence-corrected chi connectivity index (χ1v) is 20.5. The van der Waals surface area contributed by atoms with Crippen molar-refractivity contribution in [1.29, 1.82) is 0 Å². The molecule has 4 heterocycles. The third-order valence-electron chi connectivity index (χ3n) is 10.4. The van der Waals surface area contributed by atoms with E-state index in [4.69, 9.17) is 21.1 Å². The van der Waals surface area contributed by atoms with Crippen molar-refractivity contribution in [2.24, 2.45) is 5.92 Å². The number of alkyl carbamates (subject to hydrolysis) is 1. The Kier molecular flexibility index (Phi) is 11.7. The number of carbonyl (C=O) groups excluding carboxylic acids is 5. The minimum Gasteiger partial charge on any atom is -0.444 e. The van der Waals surface area contributed by atoms with Gasteiger partial charge in [-0.1, -0.05) is 36.6 Å². The van der Waals surface area contributed by atoms with Gasteiger partial charge in [-0.2, -0.15) is 12.7 Å². The smallest absolute Gasteiger partial charge is 0.410 e. The first-order valence-electron chi connectivity index (χ1n) is 18.6. The maximum absolute atomic E-state index is 14.4. The molecule has 0 radical (unpaired) electrons. The molecule has 5 aliphatic rings. The molecule has 1 aromatic carbocycles. The Morgan fingerprint density at radius 3 is 2.54 bits per heavy atom. The monoisotopic (exact) mass is 788 g/mol. The van der Waals surface area contributed by atoms with E-state index in [0.29, 0.717) is 30.7 Å². The van der Waals surface area contributed by atoms with Crippen LogP contribution in [0.15, 0.2) is 36.1 Å². The lowest BCUT2D eigenvalue weighted by Crippen LogP contribution is -2.59. The number of amides is 5. The zero-order chi connectivity index (χ0) is 38.8. The molecule has 5 atom stereocenters. The van der Waals surface area contributed by atoms with Crippen LogP contribution in [0, 0.1) is 5.92 Å². The van der Waals surface area contributed by atoms with Gasteiger partial charge in [0.2, 0.25) is 11.8 Å². The summed E-state index contributed by atoms with van der Waals surface area (Å²) < 4.78 is 41.0. The van der Waals surface area contributed by atoms with Gasteiger partial charge < -0.3 is 25.0 Å². The summed E-state index contributed by atoms with van der Waals surface area (Å²) >= 11 is 6.37. The number of carbonyl (C=O) groups is 5. The highest BCUT2D eigenvalue weighted by molar-refractivity contribution is 7.87. The van der Waals surface area contributed by atoms with Gasteiger partial charge in [0.15, 0.2) is 0 Å². The predicted molar refractivity (Wildman–Crippen MR) is 197 cm³/mol. The van der Waals surface area contributed by atoms with Crippen molar-refractivity contribution in [3.05, 3.63) is 52.2 Å². The van der Waals surface area contributed by atoms with Crippen LogP contribution in [-0.2, 0) is 47.2 Å². The maximum Gasteiger partial charge on any atom is 0.410 e. The van der Waals surface area contributed by atoms with Crippen molar-refractivity contribution in [3.8, 4) is 0 Å². The molecule has 4 aliphatic heterocycles. The number of halogens is 1. The lowest BCUT2D eigenvalue weighted by Gasteiger charge is -2.30. The zero-order valence-electron chi connectivity index (χ0n) is 30.9. The summed E-state index contributed by atoms with van der Waals surface area (Å²) in [6, 6.07) is 3.13. The highest BCUT2D eigenvalue weighted by Gasteiger charge is 2.62. The fraction of sp³-hybridized carbons (Fsp3) is 0.622. The van der Waals surface area contributed by atoms with Crippen LogP contribution in [0.1, 0.15) is 89.7 Å². The fourth-order valence-corrected chi connectivity index (χ4v) is 9.04. The van der Waals surface area contributed by atoms with E-state index in [9.17, 15) is 32.4 Å². The molecule has 2 saturated heterocycles. The van der Waals surface area contributed by atoms with Gasteiger partial charge in [-0.25, -0.2) is 14.3 Å². The quantitative estimate of drug-likeness (QED) is 0.375. The van der Waals surface area contributed by atoms with Crippen molar-refractivity contribution in [1.82, 2.24) is 29.5 Å². The van der Waals surface area contributed by atoms with Crippen molar-refractivity contribution >= 4 is 51.7 Å². The number of ether oxygens (including phenoxy) is 2. The molecule has 6 rings (SSSR count). The van der Waals surface area contributed by atoms with E-state index >= 15 is 0 Å². The Bertz CT molecular complexity index is 1840. The molecule has 1 saturated carbocycles. The van der Waals surface area contributed by atoms with Crippen LogP contribution < -0.4 is 15.4 Å². The third kappa shape index (κ3) is 9.05. The van der Waals surface area contributed by atoms with Gasteiger partial charge in [0.25, 0.3) is 5.91 Å². The van der Waals surface area contributed by atoms with Crippen LogP contribution in [-0.4, -0.2) is 101 Å². The molecule has 0 unspecified atom stereocenters. The Hall–Kier alpha value is -4.11. The highest BCUT2D eigenvalue weighted by atomic mass is 35.5. The summed E-state index contributed by atoms with van der Waals surface area (Å²) in [7, 11) is -4.17. The largest absolute Gasteiger partial charge is 0.444 e. The van der Waals surface area contributed by atoms with Crippen molar-refractivity contribution < 1.29 is 41.9 Å². The van der Waals surface area contributed by atoms with E-state index in [1.807, 2.05) is 12.1 Å². The molecule has 3 fully saturated rings. The van der Waals surface area contributed by atoms with E-state index in [1.54, 1.807) is 39.0 Å². The van der Waals surface area contributed by atoms with Gasteiger partial charge in [-0.05, 0) is 88.6 Å². The lowest BCUT2D eigenvalue weighted by molar-refractivity contribution is -0.141. The molecule has 0 spiro atoms. The van der Waals surface area contributed by atoms with Crippen LogP contribution in [0.2, 0.25) is 5.02 Å². The van der Waals surface area contributed by atoms with Crippen LogP contribution in [0.5, 0.6) is 0 Å². The SMILES string of the molecule is CC(C)(C)OC(=O)N[C@H]1CCCCCC=C=C[C@@H]2C[C@@]2(C(=O)NS(=O)(=O)N2CCCC2)NC(=O)[C@@H]2C[C@@H](OC(=O)N3Cc4cccc(Cl)c4C3)CN2C1=O. The standard InChI is InChI=1S/C37H49ClN6O9S/c1-36(2,3)53-34(48)39-29-16-9-7-5-4-6-8-14-25-20-37(25,33(47)41-54(50,51)43-17-10-11-18-43)40-31(45)30-19-26(22-44(30)32(29)46)52-35(49)42-21-24-13-12-15-28(38)27(24)23-42/h6,12-15,25-26,29-30H,4-5,7,9-11,16-23H2,1-3H3,(H,39,48)(H,40,45)(H,41,47)/t8?,25-,26-,29+,30+,37-/m1/s1. The van der Waals surface area contributed by atoms with Crippen molar-refractivity contribution in [2.45, 2.75) is 121 Å². The molecule has 0 bridgehead atoms. The van der Waals surface area contributed by atoms with Crippen molar-refractivity contribution in [2.75, 3.05) is 19.6 Å². The molecule has 5 amide bonds. The normalized spacial score (nSPS) is 27.8. The summed E-state index contributed by atoms with van der Waals surface area (Å²) in [5, 5.41) is 6.02. The van der Waals surface area contributed by atoms with E-state index in [2.05, 4.69) is 21.1 Å². The molecule has 17 heteroatoms. The van der Waals surface area contributed by atoms with Gasteiger partial charge in [0.1, 0.15) is 29.3 Å². The molecule has 0 aromatic heterocycles. The van der Waals surface area contributed by atoms with Gasteiger partial charge in [0.05, 0.1) is 13.1 Å². The Morgan fingerprint density at radius 2 is 1.81 bits per heavy atom. The van der Waals surface area contributed by atoms with Crippen LogP contribution in [0.25, 0.3) is 0 Å². The number of hydrogen-bond donors (Lipinski definition) is 3. The summed E-state index contributed by atoms with van der Waals surface area (Å²) in [5.41, 5.74) is 2.34. The number of benzene rings is 1. The number of fused-ring (bicyclic) bond motifs is 3. The second-order valence-corrected chi connectivity index (χ2v) is 17.7. The second-order valence-electron chi connectivity index (χ2n) is 15.7. The fourth-order valence-electron chi connectivity index (χ4n) is 7.50. The van der Waals surface area contributed by atoms with E-state index < -0.39 is 75.4 Å². The Labute approximate surface area is 320 Å². The molecule has 1 aromatic rings. The summed E-state index contributed by atoms with van der Waals surface area (Å²) in [5.74, 6) is -2.75. The molecule has 294 valence electrons. The molecule has 15 nitrogen and oxygen atoms in total. The molecule has 1 aliphatic carbocycles. The van der Waals surface area contributed by atoms with Gasteiger partial charge in [-0.15, -0.1) is 5.73 Å². The van der Waals surface area contributed by atoms with Crippen LogP contribution >= 0.6 is 11.6 Å². The van der Waals surface area contributed by atoms with Crippen LogP contribution in [0.4, 0.5) is 9.59 Å². The second kappa shape index (κ2) is 15.9. The summed E-state index contributed by atoms with van der Waals surface area (Å²) in [4.78, 5) is 71.7. The van der Waals surface area contributed by atoms with Crippen LogP contribution in [0.3, 0.4) is 0 Å². The first-order chi connectivity index (χ1) is 25.6. The number of nitrogens with one attached hydrogen (secondary N) is 3. The number of hydrogen-bond acceptors (Lipinski definition) is 9. The molecular formula is C37H49ClN6O9S. The van der Waals surface area contributed by atoms with Gasteiger partial charge in [-0.3, -0.25) is 19.3 Å². The van der Waals surface area contributed by atoms with Gasteiger partial charge >= 0.3 is 22.4 Å². The zero-order valence-corrected chi connectivity index (χ0v) is 32.5. The van der Waals surface area contributed by atoms with Crippen molar-refractivity contribution in [3.63, 3.8) is 0 Å². The molecule has 3 N–H and O–H groups in total. The summed E-state index contributed by atoms with van der Waals surface area (Å²) in [6.45, 7) is 6.02. The topological polar surface area (TPSA) is 184 Å². The first kappa shape index (κ1) is 39.6. The molecular weight excluding hydrogens is 740 g/mol.